The number of rotatable bonds is 9. The first-order chi connectivity index (χ1) is 21.8. The van der Waals surface area contributed by atoms with Crippen molar-refractivity contribution in [2.45, 2.75) is 83.5 Å². The van der Waals surface area contributed by atoms with Gasteiger partial charge in [-0.1, -0.05) is 67.9 Å². The number of hydrogen-bond acceptors (Lipinski definition) is 6. The van der Waals surface area contributed by atoms with Crippen LogP contribution in [0.2, 0.25) is 0 Å². The van der Waals surface area contributed by atoms with Crippen molar-refractivity contribution in [3.63, 3.8) is 0 Å². The molecule has 0 bridgehead atoms. The summed E-state index contributed by atoms with van der Waals surface area (Å²) in [6.45, 7) is 5.65. The Morgan fingerprint density at radius 3 is 2.38 bits per heavy atom. The third-order valence-corrected chi connectivity index (χ3v) is 8.88. The summed E-state index contributed by atoms with van der Waals surface area (Å²) in [6, 6.07) is 25.6. The summed E-state index contributed by atoms with van der Waals surface area (Å²) < 4.78 is 10.0. The number of aliphatic hydroxyl groups is 1. The highest BCUT2D eigenvalue weighted by molar-refractivity contribution is 5.70. The Bertz CT molecular complexity index is 1880. The molecule has 6 rings (SSSR count). The molecule has 5 aromatic rings. The number of aromatic nitrogens is 4. The van der Waals surface area contributed by atoms with Crippen LogP contribution in [0.1, 0.15) is 86.9 Å². The largest absolute Gasteiger partial charge is 0.490 e. The first-order valence-corrected chi connectivity index (χ1v) is 15.8. The fourth-order valence-electron chi connectivity index (χ4n) is 6.47. The minimum absolute atomic E-state index is 0.000833. The second-order valence-electron chi connectivity index (χ2n) is 12.5. The molecule has 1 aliphatic rings. The minimum Gasteiger partial charge on any atom is -0.490 e. The normalized spacial score (nSPS) is 16.9. The van der Waals surface area contributed by atoms with Crippen molar-refractivity contribution in [3.05, 3.63) is 117 Å². The fraction of sp³-hybridized carbons (Fsp3) is 0.351. The lowest BCUT2D eigenvalue weighted by Crippen LogP contribution is -2.35. The molecule has 8 heteroatoms. The van der Waals surface area contributed by atoms with Crippen LogP contribution in [-0.4, -0.2) is 30.4 Å². The minimum atomic E-state index is -0.893. The summed E-state index contributed by atoms with van der Waals surface area (Å²) in [4.78, 5) is 18.9. The van der Waals surface area contributed by atoms with Crippen molar-refractivity contribution >= 4 is 5.78 Å². The molecule has 0 saturated heterocycles. The van der Waals surface area contributed by atoms with Crippen LogP contribution in [0.4, 0.5) is 0 Å². The molecule has 8 nitrogen and oxygen atoms in total. The van der Waals surface area contributed by atoms with E-state index in [9.17, 15) is 15.2 Å². The van der Waals surface area contributed by atoms with Gasteiger partial charge in [0, 0.05) is 18.0 Å². The predicted octanol–water partition coefficient (Wildman–Crippen LogP) is 6.76. The zero-order valence-corrected chi connectivity index (χ0v) is 26.1. The van der Waals surface area contributed by atoms with E-state index in [0.717, 1.165) is 77.8 Å². The SMILES string of the molecule is CCCc1c(Cc2ccc(-c3ccccc3C#N)cc2)c(=O)n(C2CCC(Oc3ccc(C(C)(C)O)cc3)CC2)c2ncnn12. The molecule has 2 aromatic heterocycles. The second kappa shape index (κ2) is 12.7. The van der Waals surface area contributed by atoms with Gasteiger partial charge in [0.15, 0.2) is 0 Å². The predicted molar refractivity (Wildman–Crippen MR) is 174 cm³/mol. The van der Waals surface area contributed by atoms with Gasteiger partial charge in [0.1, 0.15) is 12.1 Å². The van der Waals surface area contributed by atoms with Gasteiger partial charge in [-0.3, -0.25) is 9.36 Å². The van der Waals surface area contributed by atoms with E-state index in [2.05, 4.69) is 23.1 Å². The van der Waals surface area contributed by atoms with E-state index in [1.165, 1.54) is 0 Å². The highest BCUT2D eigenvalue weighted by Crippen LogP contribution is 2.32. The molecule has 0 unspecified atom stereocenters. The van der Waals surface area contributed by atoms with E-state index < -0.39 is 5.60 Å². The number of fused-ring (bicyclic) bond motifs is 1. The van der Waals surface area contributed by atoms with Crippen molar-refractivity contribution in [3.8, 4) is 22.9 Å². The van der Waals surface area contributed by atoms with E-state index in [1.54, 1.807) is 20.2 Å². The van der Waals surface area contributed by atoms with Crippen LogP contribution in [0.5, 0.6) is 5.75 Å². The molecule has 1 saturated carbocycles. The van der Waals surface area contributed by atoms with E-state index >= 15 is 0 Å². The third kappa shape index (κ3) is 6.27. The average molecular weight is 602 g/mol. The van der Waals surface area contributed by atoms with Crippen LogP contribution in [0, 0.1) is 11.3 Å². The van der Waals surface area contributed by atoms with Gasteiger partial charge in [-0.2, -0.15) is 15.3 Å². The van der Waals surface area contributed by atoms with E-state index in [4.69, 9.17) is 4.74 Å². The number of aryl methyl sites for hydroxylation is 1. The molecule has 0 aliphatic heterocycles. The first kappa shape index (κ1) is 30.3. The van der Waals surface area contributed by atoms with Gasteiger partial charge in [-0.25, -0.2) is 4.52 Å². The van der Waals surface area contributed by atoms with Gasteiger partial charge in [0.2, 0.25) is 5.78 Å². The maximum Gasteiger partial charge on any atom is 0.259 e. The molecule has 0 amide bonds. The maximum atomic E-state index is 14.3. The van der Waals surface area contributed by atoms with Crippen molar-refractivity contribution in [1.29, 1.82) is 5.26 Å². The van der Waals surface area contributed by atoms with Gasteiger partial charge in [0.25, 0.3) is 5.56 Å². The molecule has 1 N–H and O–H groups in total. The lowest BCUT2D eigenvalue weighted by molar-refractivity contribution is 0.0784. The quantitative estimate of drug-likeness (QED) is 0.200. The van der Waals surface area contributed by atoms with Gasteiger partial charge in [-0.05, 0) is 86.4 Å². The highest BCUT2D eigenvalue weighted by Gasteiger charge is 2.29. The Morgan fingerprint density at radius 2 is 1.71 bits per heavy atom. The number of benzene rings is 3. The molecule has 0 spiro atoms. The third-order valence-electron chi connectivity index (χ3n) is 8.88. The Kier molecular flexibility index (Phi) is 8.55. The summed E-state index contributed by atoms with van der Waals surface area (Å²) in [6.07, 6.45) is 6.95. The van der Waals surface area contributed by atoms with E-state index in [-0.39, 0.29) is 17.7 Å². The number of nitrogens with zero attached hydrogens (tertiary/aromatic N) is 5. The van der Waals surface area contributed by atoms with Crippen molar-refractivity contribution in [2.75, 3.05) is 0 Å². The van der Waals surface area contributed by atoms with Crippen LogP contribution in [0.25, 0.3) is 16.9 Å². The topological polar surface area (TPSA) is 105 Å². The summed E-state index contributed by atoms with van der Waals surface area (Å²) in [5.41, 5.74) is 5.16. The van der Waals surface area contributed by atoms with Gasteiger partial charge in [0.05, 0.1) is 29.0 Å². The summed E-state index contributed by atoms with van der Waals surface area (Å²) in [7, 11) is 0. The van der Waals surface area contributed by atoms with Crippen molar-refractivity contribution in [1.82, 2.24) is 19.2 Å². The van der Waals surface area contributed by atoms with Gasteiger partial charge >= 0.3 is 0 Å². The van der Waals surface area contributed by atoms with Crippen LogP contribution in [-0.2, 0) is 18.4 Å². The van der Waals surface area contributed by atoms with Crippen LogP contribution in [0.3, 0.4) is 0 Å². The molecule has 3 aromatic carbocycles. The Balaban J connectivity index is 1.25. The number of nitriles is 1. The van der Waals surface area contributed by atoms with Crippen LogP contribution < -0.4 is 10.3 Å². The molecule has 0 atom stereocenters. The van der Waals surface area contributed by atoms with E-state index in [1.807, 2.05) is 81.9 Å². The molecule has 45 heavy (non-hydrogen) atoms. The Labute approximate surface area is 263 Å². The Morgan fingerprint density at radius 1 is 1.00 bits per heavy atom. The number of ether oxygens (including phenoxy) is 1. The molecule has 230 valence electrons. The summed E-state index contributed by atoms with van der Waals surface area (Å²) in [5, 5.41) is 24.4. The fourth-order valence-corrected chi connectivity index (χ4v) is 6.47. The lowest BCUT2D eigenvalue weighted by Gasteiger charge is -2.31. The monoisotopic (exact) mass is 601 g/mol. The molecule has 1 aliphatic carbocycles. The smallest absolute Gasteiger partial charge is 0.259 e. The molecular weight excluding hydrogens is 562 g/mol. The molecule has 0 radical (unpaired) electrons. The molecular formula is C37H39N5O3. The van der Waals surface area contributed by atoms with Gasteiger partial charge < -0.3 is 9.84 Å². The number of hydrogen-bond donors (Lipinski definition) is 1. The van der Waals surface area contributed by atoms with Gasteiger partial charge in [-0.15, -0.1) is 0 Å². The first-order valence-electron chi connectivity index (χ1n) is 15.8. The summed E-state index contributed by atoms with van der Waals surface area (Å²) >= 11 is 0. The Hall–Kier alpha value is -4.74. The maximum absolute atomic E-state index is 14.3. The summed E-state index contributed by atoms with van der Waals surface area (Å²) in [5.74, 6) is 1.39. The molecule has 1 fully saturated rings. The standard InChI is InChI=1S/C37H39N5O3/c1-4-7-34-33(22-25-10-12-26(13-11-25)32-9-6-5-8-27(32)23-38)35(43)41(36-39-24-40-42(34)36)29-16-20-31(21-17-29)45-30-18-14-28(15-19-30)37(2,3)44/h5-6,8-15,18-19,24,29,31,44H,4,7,16-17,20-22H2,1-3H3. The average Bonchev–Trinajstić information content (AvgIpc) is 3.53. The van der Waals surface area contributed by atoms with Crippen LogP contribution >= 0.6 is 0 Å². The zero-order valence-electron chi connectivity index (χ0n) is 26.1. The molecule has 2 heterocycles. The lowest BCUT2D eigenvalue weighted by atomic mass is 9.92. The van der Waals surface area contributed by atoms with Crippen LogP contribution in [0.15, 0.2) is 83.9 Å². The van der Waals surface area contributed by atoms with Crippen molar-refractivity contribution in [2.24, 2.45) is 0 Å². The van der Waals surface area contributed by atoms with Crippen molar-refractivity contribution < 1.29 is 9.84 Å². The van der Waals surface area contributed by atoms with E-state index in [0.29, 0.717) is 17.8 Å². The highest BCUT2D eigenvalue weighted by atomic mass is 16.5. The second-order valence-corrected chi connectivity index (χ2v) is 12.5. The zero-order chi connectivity index (χ0) is 31.6.